The van der Waals surface area contributed by atoms with Crippen LogP contribution < -0.4 is 21.4 Å². The van der Waals surface area contributed by atoms with Crippen LogP contribution in [0.5, 0.6) is 5.75 Å². The molecule has 0 radical (unpaired) electrons. The molecule has 5 heterocycles. The van der Waals surface area contributed by atoms with Crippen molar-refractivity contribution in [2.24, 2.45) is 17.6 Å². The third kappa shape index (κ3) is 4.79. The number of carbonyl (C=O) groups excluding carboxylic acids is 2. The summed E-state index contributed by atoms with van der Waals surface area (Å²) in [6.45, 7) is 6.70. The Kier molecular flexibility index (Phi) is 7.22. The number of benzene rings is 1. The highest BCUT2D eigenvalue weighted by Crippen LogP contribution is 2.58. The molecule has 1 fully saturated rings. The summed E-state index contributed by atoms with van der Waals surface area (Å²) in [5.41, 5.74) is 8.75. The van der Waals surface area contributed by atoms with Gasteiger partial charge in [-0.05, 0) is 55.7 Å². The Morgan fingerprint density at radius 3 is 2.91 bits per heavy atom. The average Bonchev–Trinajstić information content (AvgIpc) is 3.55. The zero-order chi connectivity index (χ0) is 32.7. The zero-order valence-corrected chi connectivity index (χ0v) is 28.2. The zero-order valence-electron chi connectivity index (χ0n) is 26.5. The Bertz CT molecular complexity index is 1940. The monoisotopic (exact) mass is 671 g/mol. The molecule has 11 heteroatoms. The fourth-order valence-corrected chi connectivity index (χ4v) is 11.0. The standard InChI is InChI=1S/C36H37N3O6S2/c1-4-19(2)34(42)45-35(3)10-9-22-18-46-47-28-7-5-21-17-39(33(21)28)30(40)12-24-16-38-29(37)13-25(24)32(22)36(35)15-23-11-20-6-8-31(41)43-26(20)14-27(23)44-36/h4-9,11,13-14,21,28,32-33,38H,10,12,15-18,37H2,1-3H3/b19-4+/t21-,28-,32+,33+,35-,36-/m1/s1. The van der Waals surface area contributed by atoms with Crippen molar-refractivity contribution >= 4 is 44.4 Å². The molecule has 244 valence electrons. The van der Waals surface area contributed by atoms with Gasteiger partial charge in [-0.2, -0.15) is 0 Å². The maximum Gasteiger partial charge on any atom is 0.336 e. The predicted molar refractivity (Wildman–Crippen MR) is 184 cm³/mol. The highest BCUT2D eigenvalue weighted by molar-refractivity contribution is 8.77. The van der Waals surface area contributed by atoms with E-state index in [1.54, 1.807) is 35.9 Å². The van der Waals surface area contributed by atoms with Crippen molar-refractivity contribution in [3.8, 4) is 5.75 Å². The molecule has 1 aromatic carbocycles. The number of amides is 1. The number of dihydropyridines is 1. The molecule has 0 saturated carbocycles. The molecule has 4 aliphatic heterocycles. The van der Waals surface area contributed by atoms with Crippen LogP contribution in [0.2, 0.25) is 0 Å². The molecule has 9 nitrogen and oxygen atoms in total. The Morgan fingerprint density at radius 1 is 1.23 bits per heavy atom. The summed E-state index contributed by atoms with van der Waals surface area (Å²) in [5.74, 6) is 1.55. The number of nitrogens with two attached hydrogens (primary N) is 1. The van der Waals surface area contributed by atoms with Gasteiger partial charge in [-0.3, -0.25) is 4.79 Å². The Hall–Kier alpha value is -3.83. The summed E-state index contributed by atoms with van der Waals surface area (Å²) in [4.78, 5) is 41.7. The summed E-state index contributed by atoms with van der Waals surface area (Å²) in [6.07, 6.45) is 11.6. The number of ether oxygens (including phenoxy) is 2. The van der Waals surface area contributed by atoms with Crippen LogP contribution in [0, 0.1) is 11.8 Å². The molecule has 1 aromatic heterocycles. The molecular weight excluding hydrogens is 635 g/mol. The van der Waals surface area contributed by atoms with Gasteiger partial charge in [-0.1, -0.05) is 51.5 Å². The van der Waals surface area contributed by atoms with Crippen LogP contribution in [0.4, 0.5) is 0 Å². The highest BCUT2D eigenvalue weighted by atomic mass is 33.1. The highest BCUT2D eigenvalue weighted by Gasteiger charge is 2.64. The van der Waals surface area contributed by atoms with Crippen LogP contribution in [0.3, 0.4) is 0 Å². The Balaban J connectivity index is 1.31. The van der Waals surface area contributed by atoms with E-state index in [1.807, 2.05) is 41.7 Å². The summed E-state index contributed by atoms with van der Waals surface area (Å²) >= 11 is 0. The minimum absolute atomic E-state index is 0.111. The van der Waals surface area contributed by atoms with E-state index in [-0.39, 0.29) is 23.6 Å². The van der Waals surface area contributed by atoms with Crippen molar-refractivity contribution < 1.29 is 23.5 Å². The first kappa shape index (κ1) is 30.5. The van der Waals surface area contributed by atoms with Gasteiger partial charge in [0.15, 0.2) is 11.2 Å². The van der Waals surface area contributed by atoms with E-state index in [4.69, 9.17) is 19.6 Å². The number of nitrogens with one attached hydrogen (secondary N) is 1. The van der Waals surface area contributed by atoms with Crippen LogP contribution in [0.15, 0.2) is 92.0 Å². The lowest BCUT2D eigenvalue weighted by Crippen LogP contribution is -2.65. The van der Waals surface area contributed by atoms with Gasteiger partial charge >= 0.3 is 11.6 Å². The molecule has 1 amide bonds. The Morgan fingerprint density at radius 2 is 2.09 bits per heavy atom. The number of hydrogen-bond acceptors (Lipinski definition) is 10. The van der Waals surface area contributed by atoms with Crippen molar-refractivity contribution in [2.75, 3.05) is 18.8 Å². The van der Waals surface area contributed by atoms with E-state index in [0.717, 1.165) is 40.0 Å². The molecule has 2 aromatic rings. The smallest absolute Gasteiger partial charge is 0.336 e. The number of allylic oxidation sites excluding steroid dienone is 2. The summed E-state index contributed by atoms with van der Waals surface area (Å²) < 4.78 is 19.2. The molecular formula is C36H37N3O6S2. The van der Waals surface area contributed by atoms with Gasteiger partial charge in [0.05, 0.1) is 29.5 Å². The van der Waals surface area contributed by atoms with Gasteiger partial charge in [0.1, 0.15) is 11.3 Å². The third-order valence-corrected chi connectivity index (χ3v) is 13.5. The second-order valence-corrected chi connectivity index (χ2v) is 16.1. The number of nitrogens with zero attached hydrogens (tertiary/aromatic N) is 1. The van der Waals surface area contributed by atoms with Crippen LogP contribution in [0.25, 0.3) is 11.0 Å². The molecule has 0 bridgehead atoms. The molecule has 2 aliphatic carbocycles. The molecule has 47 heavy (non-hydrogen) atoms. The van der Waals surface area contributed by atoms with E-state index in [9.17, 15) is 14.4 Å². The van der Waals surface area contributed by atoms with Crippen molar-refractivity contribution in [1.29, 1.82) is 0 Å². The predicted octanol–water partition coefficient (Wildman–Crippen LogP) is 4.93. The van der Waals surface area contributed by atoms with Gasteiger partial charge in [0, 0.05) is 60.7 Å². The van der Waals surface area contributed by atoms with E-state index in [0.29, 0.717) is 48.0 Å². The van der Waals surface area contributed by atoms with Gasteiger partial charge in [0.2, 0.25) is 5.91 Å². The second-order valence-electron chi connectivity index (χ2n) is 13.5. The summed E-state index contributed by atoms with van der Waals surface area (Å²) in [7, 11) is 3.61. The fourth-order valence-electron chi connectivity index (χ4n) is 8.11. The van der Waals surface area contributed by atoms with Gasteiger partial charge in [-0.25, -0.2) is 9.59 Å². The first-order chi connectivity index (χ1) is 22.6. The maximum absolute atomic E-state index is 14.0. The molecule has 8 rings (SSSR count). The number of rotatable bonds is 2. The van der Waals surface area contributed by atoms with Crippen molar-refractivity contribution in [3.05, 3.63) is 98.7 Å². The van der Waals surface area contributed by atoms with Crippen molar-refractivity contribution in [3.63, 3.8) is 0 Å². The summed E-state index contributed by atoms with van der Waals surface area (Å²) in [6, 6.07) is 7.14. The SMILES string of the molecule is C/C=C(\C)C(=O)O[C@]1(C)CC=C2CSS[C@@H]3C=C[C@@H]4CN(C(=O)CC5=C(C=C(N)NC5)[C@H]2[C@]12Cc1cc5ccc(=O)oc5cc1O2)[C@@H]43. The average molecular weight is 672 g/mol. The lowest BCUT2D eigenvalue weighted by molar-refractivity contribution is -0.186. The molecule has 1 saturated heterocycles. The van der Waals surface area contributed by atoms with Crippen LogP contribution >= 0.6 is 21.6 Å². The Labute approximate surface area is 280 Å². The third-order valence-electron chi connectivity index (χ3n) is 10.8. The van der Waals surface area contributed by atoms with Gasteiger partial charge < -0.3 is 29.8 Å². The number of esters is 1. The van der Waals surface area contributed by atoms with Gasteiger partial charge in [-0.15, -0.1) is 0 Å². The lowest BCUT2D eigenvalue weighted by Gasteiger charge is -2.53. The molecule has 6 atom stereocenters. The van der Waals surface area contributed by atoms with Gasteiger partial charge in [0.25, 0.3) is 0 Å². The van der Waals surface area contributed by atoms with Crippen molar-refractivity contribution in [1.82, 2.24) is 10.2 Å². The number of carbonyl (C=O) groups is 2. The van der Waals surface area contributed by atoms with E-state index < -0.39 is 28.7 Å². The van der Waals surface area contributed by atoms with Crippen LogP contribution in [-0.2, 0) is 20.7 Å². The topological polar surface area (TPSA) is 124 Å². The summed E-state index contributed by atoms with van der Waals surface area (Å²) in [5, 5.41) is 4.29. The number of fused-ring (bicyclic) bond motifs is 5. The minimum Gasteiger partial charge on any atom is -0.481 e. The van der Waals surface area contributed by atoms with Crippen molar-refractivity contribution in [2.45, 2.75) is 62.5 Å². The van der Waals surface area contributed by atoms with E-state index in [2.05, 4.69) is 23.5 Å². The van der Waals surface area contributed by atoms with Crippen LogP contribution in [-0.4, -0.2) is 58.1 Å². The molecule has 6 aliphatic rings. The maximum atomic E-state index is 14.0. The largest absolute Gasteiger partial charge is 0.481 e. The quantitative estimate of drug-likeness (QED) is 0.149. The molecule has 1 spiro atoms. The normalized spacial score (nSPS) is 32.9. The lowest BCUT2D eigenvalue weighted by atomic mass is 9.61. The van der Waals surface area contributed by atoms with E-state index >= 15 is 0 Å². The molecule has 0 unspecified atom stereocenters. The number of hydrogen-bond donors (Lipinski definition) is 2. The first-order valence-corrected chi connectivity index (χ1v) is 18.5. The minimum atomic E-state index is -1.11. The first-order valence-electron chi connectivity index (χ1n) is 16.1. The second kappa shape index (κ2) is 11.1. The fraction of sp³-hybridized carbons (Fsp3) is 0.417. The van der Waals surface area contributed by atoms with E-state index in [1.165, 1.54) is 6.07 Å². The molecule has 3 N–H and O–H groups in total. The van der Waals surface area contributed by atoms with Crippen LogP contribution in [0.1, 0.15) is 39.2 Å².